The molecule has 2 aliphatic rings. The van der Waals surface area contributed by atoms with Crippen LogP contribution in [0.15, 0.2) is 34.8 Å². The first-order chi connectivity index (χ1) is 8.69. The summed E-state index contributed by atoms with van der Waals surface area (Å²) in [6.07, 6.45) is 2.76. The van der Waals surface area contributed by atoms with Crippen LogP contribution >= 0.6 is 15.9 Å². The van der Waals surface area contributed by atoms with Crippen molar-refractivity contribution in [3.05, 3.63) is 40.4 Å². The number of fused-ring (bicyclic) bond motifs is 5. The van der Waals surface area contributed by atoms with Gasteiger partial charge in [0, 0.05) is 12.0 Å². The summed E-state index contributed by atoms with van der Waals surface area (Å²) in [4.78, 5) is 0. The van der Waals surface area contributed by atoms with Crippen LogP contribution in [0.2, 0.25) is 0 Å². The predicted octanol–water partition coefficient (Wildman–Crippen LogP) is 3.95. The first kappa shape index (κ1) is 10.8. The standard InChI is InChI=1S/C15H13BrO2/c16-12-8-9-4-1-2-5-10(9)13-11-6-3-7-15(11,17)18-14(12)13/h1-2,4-5,8,11,17H,3,6-7H2. The number of halogens is 1. The van der Waals surface area contributed by atoms with Gasteiger partial charge in [0.15, 0.2) is 0 Å². The summed E-state index contributed by atoms with van der Waals surface area (Å²) in [5, 5.41) is 13.0. The Morgan fingerprint density at radius 1 is 1.33 bits per heavy atom. The zero-order chi connectivity index (χ0) is 12.3. The number of aliphatic hydroxyl groups is 1. The summed E-state index contributed by atoms with van der Waals surface area (Å²) in [6.45, 7) is 0. The van der Waals surface area contributed by atoms with Gasteiger partial charge in [0.25, 0.3) is 0 Å². The molecule has 1 N–H and O–H groups in total. The molecule has 0 amide bonds. The molecule has 2 aromatic rings. The topological polar surface area (TPSA) is 29.5 Å². The first-order valence-corrected chi connectivity index (χ1v) is 7.11. The van der Waals surface area contributed by atoms with Gasteiger partial charge in [-0.2, -0.15) is 0 Å². The number of benzene rings is 2. The Morgan fingerprint density at radius 3 is 3.06 bits per heavy atom. The van der Waals surface area contributed by atoms with Gasteiger partial charge in [0.2, 0.25) is 5.79 Å². The van der Waals surface area contributed by atoms with Gasteiger partial charge in [-0.15, -0.1) is 0 Å². The summed E-state index contributed by atoms with van der Waals surface area (Å²) in [5.74, 6) is -0.0228. The fourth-order valence-corrected chi connectivity index (χ4v) is 3.94. The van der Waals surface area contributed by atoms with Crippen molar-refractivity contribution in [3.63, 3.8) is 0 Å². The number of rotatable bonds is 0. The molecule has 2 aromatic carbocycles. The van der Waals surface area contributed by atoms with Crippen LogP contribution < -0.4 is 4.74 Å². The number of ether oxygens (including phenoxy) is 1. The van der Waals surface area contributed by atoms with Crippen molar-refractivity contribution in [3.8, 4) is 5.75 Å². The van der Waals surface area contributed by atoms with Crippen molar-refractivity contribution in [2.75, 3.05) is 0 Å². The second-order valence-electron chi connectivity index (χ2n) is 5.21. The third-order valence-corrected chi connectivity index (χ3v) is 4.78. The largest absolute Gasteiger partial charge is 0.460 e. The molecule has 2 atom stereocenters. The van der Waals surface area contributed by atoms with Gasteiger partial charge in [-0.1, -0.05) is 24.3 Å². The summed E-state index contributed by atoms with van der Waals surface area (Å²) in [7, 11) is 0. The second kappa shape index (κ2) is 3.49. The molecule has 1 saturated carbocycles. The Labute approximate surface area is 114 Å². The van der Waals surface area contributed by atoms with Crippen molar-refractivity contribution in [1.29, 1.82) is 0 Å². The Hall–Kier alpha value is -1.06. The lowest BCUT2D eigenvalue weighted by Gasteiger charge is -2.21. The molecule has 1 aliphatic carbocycles. The van der Waals surface area contributed by atoms with Crippen LogP contribution in [0.1, 0.15) is 30.7 Å². The van der Waals surface area contributed by atoms with Crippen molar-refractivity contribution in [1.82, 2.24) is 0 Å². The molecule has 1 heterocycles. The smallest absolute Gasteiger partial charge is 0.215 e. The second-order valence-corrected chi connectivity index (χ2v) is 6.07. The molecule has 4 rings (SSSR count). The average molecular weight is 305 g/mol. The van der Waals surface area contributed by atoms with E-state index in [0.29, 0.717) is 0 Å². The number of hydrogen-bond acceptors (Lipinski definition) is 2. The molecule has 1 aliphatic heterocycles. The lowest BCUT2D eigenvalue weighted by atomic mass is 9.91. The van der Waals surface area contributed by atoms with E-state index in [2.05, 4.69) is 34.1 Å². The van der Waals surface area contributed by atoms with Crippen LogP contribution in [0.3, 0.4) is 0 Å². The predicted molar refractivity (Wildman–Crippen MR) is 73.8 cm³/mol. The minimum atomic E-state index is -0.977. The van der Waals surface area contributed by atoms with Gasteiger partial charge in [-0.25, -0.2) is 0 Å². The van der Waals surface area contributed by atoms with Gasteiger partial charge in [0.1, 0.15) is 5.75 Å². The zero-order valence-electron chi connectivity index (χ0n) is 9.82. The normalized spacial score (nSPS) is 29.1. The minimum Gasteiger partial charge on any atom is -0.460 e. The van der Waals surface area contributed by atoms with E-state index < -0.39 is 5.79 Å². The van der Waals surface area contributed by atoms with Crippen LogP contribution in [-0.2, 0) is 0 Å². The first-order valence-electron chi connectivity index (χ1n) is 6.31. The summed E-state index contributed by atoms with van der Waals surface area (Å²) < 4.78 is 6.81. The van der Waals surface area contributed by atoms with Crippen molar-refractivity contribution in [2.24, 2.45) is 0 Å². The molecule has 0 aromatic heterocycles. The molecular formula is C15H13BrO2. The van der Waals surface area contributed by atoms with Crippen LogP contribution in [-0.4, -0.2) is 10.9 Å². The van der Waals surface area contributed by atoms with Crippen LogP contribution in [0, 0.1) is 0 Å². The van der Waals surface area contributed by atoms with E-state index in [1.807, 2.05) is 12.1 Å². The van der Waals surface area contributed by atoms with Crippen molar-refractivity contribution >= 4 is 26.7 Å². The fraction of sp³-hybridized carbons (Fsp3) is 0.333. The Morgan fingerprint density at radius 2 is 2.17 bits per heavy atom. The third-order valence-electron chi connectivity index (χ3n) is 4.19. The lowest BCUT2D eigenvalue weighted by molar-refractivity contribution is -0.126. The Kier molecular flexibility index (Phi) is 2.10. The third kappa shape index (κ3) is 1.26. The summed E-state index contributed by atoms with van der Waals surface area (Å²) >= 11 is 3.56. The fourth-order valence-electron chi connectivity index (χ4n) is 3.40. The van der Waals surface area contributed by atoms with Crippen LogP contribution in [0.25, 0.3) is 10.8 Å². The SMILES string of the molecule is OC12CCCC1c1c(c(Br)cc3ccccc13)O2. The quantitative estimate of drug-likeness (QED) is 0.798. The molecular weight excluding hydrogens is 292 g/mol. The van der Waals surface area contributed by atoms with E-state index in [0.717, 1.165) is 29.5 Å². The maximum atomic E-state index is 10.6. The van der Waals surface area contributed by atoms with E-state index in [9.17, 15) is 5.11 Å². The minimum absolute atomic E-state index is 0.120. The summed E-state index contributed by atoms with van der Waals surface area (Å²) in [6, 6.07) is 10.4. The number of hydrogen-bond donors (Lipinski definition) is 1. The van der Waals surface area contributed by atoms with Gasteiger partial charge in [-0.05, 0) is 45.6 Å². The molecule has 2 unspecified atom stereocenters. The molecule has 2 nitrogen and oxygen atoms in total. The van der Waals surface area contributed by atoms with E-state index in [1.165, 1.54) is 16.3 Å². The maximum absolute atomic E-state index is 10.6. The molecule has 3 heteroatoms. The Balaban J connectivity index is 2.08. The molecule has 0 radical (unpaired) electrons. The zero-order valence-corrected chi connectivity index (χ0v) is 11.4. The monoisotopic (exact) mass is 304 g/mol. The highest BCUT2D eigenvalue weighted by Gasteiger charge is 2.51. The molecule has 0 bridgehead atoms. The van der Waals surface area contributed by atoms with E-state index in [-0.39, 0.29) is 5.92 Å². The molecule has 92 valence electrons. The Bertz CT molecular complexity index is 652. The highest BCUT2D eigenvalue weighted by molar-refractivity contribution is 9.10. The van der Waals surface area contributed by atoms with Crippen molar-refractivity contribution in [2.45, 2.75) is 31.0 Å². The highest BCUT2D eigenvalue weighted by Crippen LogP contribution is 2.56. The summed E-state index contributed by atoms with van der Waals surface area (Å²) in [5.41, 5.74) is 1.18. The van der Waals surface area contributed by atoms with Gasteiger partial charge < -0.3 is 9.84 Å². The van der Waals surface area contributed by atoms with Gasteiger partial charge in [0.05, 0.1) is 10.4 Å². The van der Waals surface area contributed by atoms with E-state index in [1.54, 1.807) is 0 Å². The molecule has 0 saturated heterocycles. The molecule has 18 heavy (non-hydrogen) atoms. The van der Waals surface area contributed by atoms with E-state index in [4.69, 9.17) is 4.74 Å². The van der Waals surface area contributed by atoms with E-state index >= 15 is 0 Å². The average Bonchev–Trinajstić information content (AvgIpc) is 2.84. The van der Waals surface area contributed by atoms with Gasteiger partial charge >= 0.3 is 0 Å². The molecule has 0 spiro atoms. The van der Waals surface area contributed by atoms with Crippen LogP contribution in [0.5, 0.6) is 5.75 Å². The lowest BCUT2D eigenvalue weighted by Crippen LogP contribution is -2.33. The highest BCUT2D eigenvalue weighted by atomic mass is 79.9. The van der Waals surface area contributed by atoms with Crippen LogP contribution in [0.4, 0.5) is 0 Å². The van der Waals surface area contributed by atoms with Crippen molar-refractivity contribution < 1.29 is 9.84 Å². The molecule has 1 fully saturated rings. The van der Waals surface area contributed by atoms with Gasteiger partial charge in [-0.3, -0.25) is 0 Å². The maximum Gasteiger partial charge on any atom is 0.215 e.